The Kier molecular flexibility index (Phi) is 5.31. The normalized spacial score (nSPS) is 10.8. The first-order valence-electron chi connectivity index (χ1n) is 8.01. The summed E-state index contributed by atoms with van der Waals surface area (Å²) in [6, 6.07) is 25.5. The highest BCUT2D eigenvalue weighted by atomic mass is 16.5. The Balaban J connectivity index is 1.60. The van der Waals surface area contributed by atoms with Crippen molar-refractivity contribution >= 4 is 6.08 Å². The van der Waals surface area contributed by atoms with E-state index in [1.54, 1.807) is 6.07 Å². The van der Waals surface area contributed by atoms with Crippen molar-refractivity contribution in [2.24, 2.45) is 0 Å². The first kappa shape index (κ1) is 15.9. The van der Waals surface area contributed by atoms with Gasteiger partial charge in [0.15, 0.2) is 0 Å². The maximum Gasteiger partial charge on any atom is 0.120 e. The van der Waals surface area contributed by atoms with E-state index in [9.17, 15) is 5.11 Å². The van der Waals surface area contributed by atoms with Crippen LogP contribution in [0.2, 0.25) is 0 Å². The van der Waals surface area contributed by atoms with Crippen LogP contribution in [0.3, 0.4) is 0 Å². The minimum Gasteiger partial charge on any atom is -0.508 e. The molecular formula is C22H20O2. The highest BCUT2D eigenvalue weighted by molar-refractivity contribution is 5.52. The van der Waals surface area contributed by atoms with E-state index in [1.807, 2.05) is 72.8 Å². The third-order valence-corrected chi connectivity index (χ3v) is 3.75. The molecule has 0 aliphatic rings. The Morgan fingerprint density at radius 1 is 0.833 bits per heavy atom. The molecule has 0 fully saturated rings. The molecule has 0 aliphatic heterocycles. The smallest absolute Gasteiger partial charge is 0.120 e. The highest BCUT2D eigenvalue weighted by Crippen LogP contribution is 2.19. The van der Waals surface area contributed by atoms with Gasteiger partial charge in [0.1, 0.15) is 18.1 Å². The second-order valence-corrected chi connectivity index (χ2v) is 5.58. The molecule has 0 saturated heterocycles. The van der Waals surface area contributed by atoms with Crippen LogP contribution in [0, 0.1) is 0 Å². The fourth-order valence-electron chi connectivity index (χ4n) is 2.45. The van der Waals surface area contributed by atoms with Gasteiger partial charge in [0.25, 0.3) is 0 Å². The quantitative estimate of drug-likeness (QED) is 0.675. The van der Waals surface area contributed by atoms with Crippen LogP contribution in [-0.2, 0) is 13.0 Å². The molecule has 3 aromatic carbocycles. The summed E-state index contributed by atoms with van der Waals surface area (Å²) in [5.74, 6) is 1.19. The number of allylic oxidation sites excluding steroid dienone is 1. The fourth-order valence-corrected chi connectivity index (χ4v) is 2.45. The van der Waals surface area contributed by atoms with Crippen LogP contribution in [0.1, 0.15) is 16.7 Å². The van der Waals surface area contributed by atoms with Gasteiger partial charge in [0, 0.05) is 0 Å². The lowest BCUT2D eigenvalue weighted by atomic mass is 10.1. The molecule has 0 spiro atoms. The Morgan fingerprint density at radius 3 is 2.46 bits per heavy atom. The molecule has 3 rings (SSSR count). The minimum absolute atomic E-state index is 0.335. The molecule has 0 aliphatic carbocycles. The van der Waals surface area contributed by atoms with Gasteiger partial charge in [0.2, 0.25) is 0 Å². The maximum absolute atomic E-state index is 9.78. The van der Waals surface area contributed by atoms with Crippen LogP contribution >= 0.6 is 0 Å². The van der Waals surface area contributed by atoms with Crippen molar-refractivity contribution in [1.29, 1.82) is 0 Å². The summed E-state index contributed by atoms with van der Waals surface area (Å²) in [7, 11) is 0. The molecule has 2 nitrogen and oxygen atoms in total. The van der Waals surface area contributed by atoms with Gasteiger partial charge in [-0.2, -0.15) is 0 Å². The zero-order valence-electron chi connectivity index (χ0n) is 13.4. The van der Waals surface area contributed by atoms with Gasteiger partial charge in [-0.05, 0) is 41.3 Å². The van der Waals surface area contributed by atoms with Gasteiger partial charge in [-0.3, -0.25) is 0 Å². The average Bonchev–Trinajstić information content (AvgIpc) is 2.63. The molecule has 0 heterocycles. The van der Waals surface area contributed by atoms with Crippen molar-refractivity contribution in [1.82, 2.24) is 0 Å². The van der Waals surface area contributed by atoms with E-state index in [1.165, 1.54) is 0 Å². The Labute approximate surface area is 142 Å². The summed E-state index contributed by atoms with van der Waals surface area (Å²) in [6.45, 7) is 0.561. The van der Waals surface area contributed by atoms with Crippen LogP contribution < -0.4 is 4.74 Å². The number of para-hydroxylation sites is 1. The predicted octanol–water partition coefficient (Wildman–Crippen LogP) is 5.23. The molecule has 0 radical (unpaired) electrons. The summed E-state index contributed by atoms with van der Waals surface area (Å²) in [5, 5.41) is 9.78. The van der Waals surface area contributed by atoms with Crippen LogP contribution in [-0.4, -0.2) is 5.11 Å². The molecule has 0 atom stereocenters. The van der Waals surface area contributed by atoms with Crippen LogP contribution in [0.25, 0.3) is 6.08 Å². The van der Waals surface area contributed by atoms with Crippen molar-refractivity contribution < 1.29 is 9.84 Å². The maximum atomic E-state index is 9.78. The molecule has 0 saturated carbocycles. The van der Waals surface area contributed by atoms with E-state index in [2.05, 4.69) is 12.1 Å². The van der Waals surface area contributed by atoms with Crippen LogP contribution in [0.15, 0.2) is 84.9 Å². The zero-order chi connectivity index (χ0) is 16.6. The van der Waals surface area contributed by atoms with Gasteiger partial charge in [-0.15, -0.1) is 0 Å². The average molecular weight is 316 g/mol. The highest BCUT2D eigenvalue weighted by Gasteiger charge is 1.98. The SMILES string of the molecule is Oc1ccccc1C/C=C/c1cccc(OCc2ccccc2)c1. The lowest BCUT2D eigenvalue weighted by molar-refractivity contribution is 0.306. The number of aromatic hydroxyl groups is 1. The largest absolute Gasteiger partial charge is 0.508 e. The third kappa shape index (κ3) is 4.50. The molecule has 0 bridgehead atoms. The van der Waals surface area contributed by atoms with Gasteiger partial charge >= 0.3 is 0 Å². The molecule has 0 unspecified atom stereocenters. The summed E-state index contributed by atoms with van der Waals surface area (Å²) in [5.41, 5.74) is 3.15. The number of ether oxygens (including phenoxy) is 1. The van der Waals surface area contributed by atoms with Crippen LogP contribution in [0.5, 0.6) is 11.5 Å². The monoisotopic (exact) mass is 316 g/mol. The molecule has 120 valence electrons. The van der Waals surface area contributed by atoms with E-state index in [4.69, 9.17) is 4.74 Å². The lowest BCUT2D eigenvalue weighted by Gasteiger charge is -2.07. The summed E-state index contributed by atoms with van der Waals surface area (Å²) in [6.07, 6.45) is 4.79. The first-order valence-corrected chi connectivity index (χ1v) is 8.01. The Hall–Kier alpha value is -3.00. The topological polar surface area (TPSA) is 29.5 Å². The van der Waals surface area contributed by atoms with E-state index in [-0.39, 0.29) is 0 Å². The van der Waals surface area contributed by atoms with E-state index in [0.717, 1.165) is 22.4 Å². The predicted molar refractivity (Wildman–Crippen MR) is 98.1 cm³/mol. The Morgan fingerprint density at radius 2 is 1.62 bits per heavy atom. The van der Waals surface area contributed by atoms with Crippen molar-refractivity contribution in [3.05, 3.63) is 102 Å². The summed E-state index contributed by atoms with van der Waals surface area (Å²) < 4.78 is 5.84. The Bertz CT molecular complexity index is 807. The van der Waals surface area contributed by atoms with E-state index >= 15 is 0 Å². The number of rotatable bonds is 6. The number of benzene rings is 3. The van der Waals surface area contributed by atoms with Crippen molar-refractivity contribution in [2.45, 2.75) is 13.0 Å². The molecule has 3 aromatic rings. The molecule has 0 aromatic heterocycles. The van der Waals surface area contributed by atoms with Crippen LogP contribution in [0.4, 0.5) is 0 Å². The first-order chi connectivity index (χ1) is 11.8. The summed E-state index contributed by atoms with van der Waals surface area (Å²) >= 11 is 0. The number of hydrogen-bond donors (Lipinski definition) is 1. The molecule has 2 heteroatoms. The number of phenolic OH excluding ortho intramolecular Hbond substituents is 1. The second kappa shape index (κ2) is 8.02. The van der Waals surface area contributed by atoms with E-state index < -0.39 is 0 Å². The second-order valence-electron chi connectivity index (χ2n) is 5.58. The van der Waals surface area contributed by atoms with Crippen molar-refractivity contribution in [2.75, 3.05) is 0 Å². The van der Waals surface area contributed by atoms with Gasteiger partial charge < -0.3 is 9.84 Å². The van der Waals surface area contributed by atoms with Gasteiger partial charge in [-0.1, -0.05) is 72.8 Å². The molecule has 1 N–H and O–H groups in total. The van der Waals surface area contributed by atoms with E-state index in [0.29, 0.717) is 18.8 Å². The molecule has 24 heavy (non-hydrogen) atoms. The minimum atomic E-state index is 0.335. The zero-order valence-corrected chi connectivity index (χ0v) is 13.4. The third-order valence-electron chi connectivity index (χ3n) is 3.75. The van der Waals surface area contributed by atoms with Crippen molar-refractivity contribution in [3.63, 3.8) is 0 Å². The molecular weight excluding hydrogens is 296 g/mol. The summed E-state index contributed by atoms with van der Waals surface area (Å²) in [4.78, 5) is 0. The lowest BCUT2D eigenvalue weighted by Crippen LogP contribution is -1.94. The van der Waals surface area contributed by atoms with Gasteiger partial charge in [0.05, 0.1) is 0 Å². The number of phenols is 1. The fraction of sp³-hybridized carbons (Fsp3) is 0.0909. The standard InChI is InChI=1S/C22H20O2/c23-22-15-5-4-12-20(22)13-6-10-18-11-7-14-21(16-18)24-17-19-8-2-1-3-9-19/h1-12,14-16,23H,13,17H2/b10-6+. The van der Waals surface area contributed by atoms with Crippen molar-refractivity contribution in [3.8, 4) is 11.5 Å². The van der Waals surface area contributed by atoms with Gasteiger partial charge in [-0.25, -0.2) is 0 Å². The molecule has 0 amide bonds. The number of hydrogen-bond acceptors (Lipinski definition) is 2.